The van der Waals surface area contributed by atoms with Gasteiger partial charge in [0.15, 0.2) is 0 Å². The summed E-state index contributed by atoms with van der Waals surface area (Å²) in [6, 6.07) is 15.1. The number of nitrogens with zero attached hydrogens (tertiary/aromatic N) is 3. The minimum absolute atomic E-state index is 0.127. The molecule has 0 unspecified atom stereocenters. The molecule has 2 aliphatic heterocycles. The van der Waals surface area contributed by atoms with Crippen molar-refractivity contribution in [2.45, 2.75) is 24.3 Å². The lowest BCUT2D eigenvalue weighted by Gasteiger charge is -2.38. The molecule has 0 N–H and O–H groups in total. The number of hydrogen-bond donors (Lipinski definition) is 0. The van der Waals surface area contributed by atoms with E-state index >= 15 is 0 Å². The Morgan fingerprint density at radius 1 is 0.903 bits per heavy atom. The van der Waals surface area contributed by atoms with E-state index in [-0.39, 0.29) is 17.6 Å². The third kappa shape index (κ3) is 5.14. The molecule has 2 aromatic rings. The van der Waals surface area contributed by atoms with Crippen LogP contribution in [0.25, 0.3) is 0 Å². The number of piperazine rings is 1. The highest BCUT2D eigenvalue weighted by Gasteiger charge is 2.34. The van der Waals surface area contributed by atoms with Crippen LogP contribution in [0.4, 0.5) is 4.39 Å². The molecule has 2 fully saturated rings. The Bertz CT molecular complexity index is 1000. The van der Waals surface area contributed by atoms with Gasteiger partial charge in [0.05, 0.1) is 4.90 Å². The van der Waals surface area contributed by atoms with E-state index < -0.39 is 10.0 Å². The van der Waals surface area contributed by atoms with Gasteiger partial charge in [-0.05, 0) is 42.7 Å². The van der Waals surface area contributed by atoms with E-state index in [4.69, 9.17) is 0 Å². The number of piperidine rings is 1. The molecule has 6 nitrogen and oxygen atoms in total. The van der Waals surface area contributed by atoms with Gasteiger partial charge in [-0.3, -0.25) is 9.69 Å². The summed E-state index contributed by atoms with van der Waals surface area (Å²) in [4.78, 5) is 17.4. The fraction of sp³-hybridized carbons (Fsp3) is 0.435. The SMILES string of the molecule is O=C(C1CCN(S(=O)(=O)c2ccccc2)CC1)N1CCN(Cc2cccc(F)c2)CC1. The van der Waals surface area contributed by atoms with Crippen LogP contribution in [0, 0.1) is 11.7 Å². The molecule has 1 amide bonds. The minimum Gasteiger partial charge on any atom is -0.340 e. The fourth-order valence-electron chi connectivity index (χ4n) is 4.36. The Morgan fingerprint density at radius 3 is 2.23 bits per heavy atom. The molecule has 2 saturated heterocycles. The summed E-state index contributed by atoms with van der Waals surface area (Å²) < 4.78 is 40.4. The summed E-state index contributed by atoms with van der Waals surface area (Å²) in [6.07, 6.45) is 1.10. The molecule has 0 saturated carbocycles. The van der Waals surface area contributed by atoms with Crippen molar-refractivity contribution in [3.8, 4) is 0 Å². The first-order valence-electron chi connectivity index (χ1n) is 10.7. The van der Waals surface area contributed by atoms with E-state index in [1.165, 1.54) is 10.4 Å². The third-order valence-corrected chi connectivity index (χ3v) is 8.08. The molecule has 8 heteroatoms. The molecular weight excluding hydrogens is 417 g/mol. The zero-order valence-electron chi connectivity index (χ0n) is 17.5. The predicted molar refractivity (Wildman–Crippen MR) is 116 cm³/mol. The maximum Gasteiger partial charge on any atom is 0.243 e. The molecule has 0 aromatic heterocycles. The molecule has 0 bridgehead atoms. The molecule has 0 aliphatic carbocycles. The Kier molecular flexibility index (Phi) is 6.69. The molecule has 2 heterocycles. The molecule has 2 aliphatic rings. The average molecular weight is 446 g/mol. The van der Waals surface area contributed by atoms with Crippen LogP contribution >= 0.6 is 0 Å². The zero-order valence-corrected chi connectivity index (χ0v) is 18.3. The summed E-state index contributed by atoms with van der Waals surface area (Å²) in [5.41, 5.74) is 0.937. The van der Waals surface area contributed by atoms with E-state index in [0.29, 0.717) is 50.5 Å². The van der Waals surface area contributed by atoms with Crippen molar-refractivity contribution in [2.75, 3.05) is 39.3 Å². The van der Waals surface area contributed by atoms with Gasteiger partial charge in [0.1, 0.15) is 5.82 Å². The lowest BCUT2D eigenvalue weighted by atomic mass is 9.96. The van der Waals surface area contributed by atoms with Crippen molar-refractivity contribution in [1.82, 2.24) is 14.1 Å². The van der Waals surface area contributed by atoms with Gasteiger partial charge in [0.25, 0.3) is 0 Å². The number of hydrogen-bond acceptors (Lipinski definition) is 4. The summed E-state index contributed by atoms with van der Waals surface area (Å²) in [5, 5.41) is 0. The molecule has 0 spiro atoms. The normalized spacial score (nSPS) is 19.5. The highest BCUT2D eigenvalue weighted by Crippen LogP contribution is 2.25. The lowest BCUT2D eigenvalue weighted by Crippen LogP contribution is -2.51. The monoisotopic (exact) mass is 445 g/mol. The third-order valence-electron chi connectivity index (χ3n) is 6.16. The topological polar surface area (TPSA) is 60.9 Å². The van der Waals surface area contributed by atoms with Crippen molar-refractivity contribution in [1.29, 1.82) is 0 Å². The standard InChI is InChI=1S/C23H28FN3O3S/c24-21-6-4-5-19(17-21)18-25-13-15-26(16-14-25)23(28)20-9-11-27(12-10-20)31(29,30)22-7-2-1-3-8-22/h1-8,17,20H,9-16,18H2. The summed E-state index contributed by atoms with van der Waals surface area (Å²) in [5.74, 6) is -0.230. The van der Waals surface area contributed by atoms with Crippen LogP contribution in [0.1, 0.15) is 18.4 Å². The highest BCUT2D eigenvalue weighted by atomic mass is 32.2. The van der Waals surface area contributed by atoms with Gasteiger partial charge in [0, 0.05) is 51.7 Å². The maximum atomic E-state index is 13.4. The van der Waals surface area contributed by atoms with Crippen LogP contribution in [0.2, 0.25) is 0 Å². The van der Waals surface area contributed by atoms with Crippen molar-refractivity contribution in [3.05, 3.63) is 66.0 Å². The van der Waals surface area contributed by atoms with Crippen LogP contribution in [0.3, 0.4) is 0 Å². The van der Waals surface area contributed by atoms with Gasteiger partial charge in [0.2, 0.25) is 15.9 Å². The van der Waals surface area contributed by atoms with Gasteiger partial charge in [-0.2, -0.15) is 4.31 Å². The number of sulfonamides is 1. The van der Waals surface area contributed by atoms with Crippen molar-refractivity contribution in [3.63, 3.8) is 0 Å². The number of amides is 1. The van der Waals surface area contributed by atoms with E-state index in [0.717, 1.165) is 18.7 Å². The summed E-state index contributed by atoms with van der Waals surface area (Å²) in [6.45, 7) is 4.22. The number of halogens is 1. The van der Waals surface area contributed by atoms with Gasteiger partial charge in [-0.15, -0.1) is 0 Å². The molecule has 31 heavy (non-hydrogen) atoms. The van der Waals surface area contributed by atoms with E-state index in [9.17, 15) is 17.6 Å². The average Bonchev–Trinajstić information content (AvgIpc) is 2.80. The Hall–Kier alpha value is -2.29. The lowest BCUT2D eigenvalue weighted by molar-refractivity contribution is -0.138. The van der Waals surface area contributed by atoms with Crippen LogP contribution in [-0.2, 0) is 21.4 Å². The van der Waals surface area contributed by atoms with Crippen LogP contribution in [0.15, 0.2) is 59.5 Å². The largest absolute Gasteiger partial charge is 0.340 e. The number of benzene rings is 2. The van der Waals surface area contributed by atoms with E-state index in [1.807, 2.05) is 11.0 Å². The molecule has 2 aromatic carbocycles. The smallest absolute Gasteiger partial charge is 0.243 e. The summed E-state index contributed by atoms with van der Waals surface area (Å²) in [7, 11) is -3.50. The highest BCUT2D eigenvalue weighted by molar-refractivity contribution is 7.89. The van der Waals surface area contributed by atoms with E-state index in [2.05, 4.69) is 4.90 Å². The quantitative estimate of drug-likeness (QED) is 0.710. The molecule has 166 valence electrons. The Labute approximate surface area is 183 Å². The van der Waals surface area contributed by atoms with Crippen LogP contribution < -0.4 is 0 Å². The fourth-order valence-corrected chi connectivity index (χ4v) is 5.85. The minimum atomic E-state index is -3.50. The maximum absolute atomic E-state index is 13.4. The first kappa shape index (κ1) is 21.9. The zero-order chi connectivity index (χ0) is 21.8. The second kappa shape index (κ2) is 9.46. The van der Waals surface area contributed by atoms with Gasteiger partial charge in [-0.1, -0.05) is 30.3 Å². The van der Waals surface area contributed by atoms with Crippen molar-refractivity contribution in [2.24, 2.45) is 5.92 Å². The second-order valence-corrected chi connectivity index (χ2v) is 10.2. The Balaban J connectivity index is 1.27. The molecule has 4 rings (SSSR count). The first-order chi connectivity index (χ1) is 14.9. The molecule has 0 atom stereocenters. The van der Waals surface area contributed by atoms with Gasteiger partial charge >= 0.3 is 0 Å². The second-order valence-electron chi connectivity index (χ2n) is 8.22. The van der Waals surface area contributed by atoms with Crippen LogP contribution in [0.5, 0.6) is 0 Å². The van der Waals surface area contributed by atoms with E-state index in [1.54, 1.807) is 42.5 Å². The van der Waals surface area contributed by atoms with Gasteiger partial charge < -0.3 is 4.90 Å². The van der Waals surface area contributed by atoms with Crippen molar-refractivity contribution < 1.29 is 17.6 Å². The molecule has 0 radical (unpaired) electrons. The molecular formula is C23H28FN3O3S. The van der Waals surface area contributed by atoms with Crippen LogP contribution in [-0.4, -0.2) is 67.7 Å². The van der Waals surface area contributed by atoms with Gasteiger partial charge in [-0.25, -0.2) is 12.8 Å². The Morgan fingerprint density at radius 2 is 1.58 bits per heavy atom. The number of carbonyl (C=O) groups excluding carboxylic acids is 1. The summed E-state index contributed by atoms with van der Waals surface area (Å²) >= 11 is 0. The first-order valence-corrected chi connectivity index (χ1v) is 12.2. The predicted octanol–water partition coefficient (Wildman–Crippen LogP) is 2.57. The number of rotatable bonds is 5. The number of carbonyl (C=O) groups is 1. The van der Waals surface area contributed by atoms with Crippen molar-refractivity contribution >= 4 is 15.9 Å².